The average molecular weight is 201 g/mol. The number of nitrogens with one attached hydrogen (secondary N) is 1. The highest BCUT2D eigenvalue weighted by Crippen LogP contribution is 2.09. The predicted molar refractivity (Wildman–Crippen MR) is 54.1 cm³/mol. The summed E-state index contributed by atoms with van der Waals surface area (Å²) in [6.07, 6.45) is 1.68. The summed E-state index contributed by atoms with van der Waals surface area (Å²) in [7, 11) is 1.39. The number of carbonyl (C=O) groups excluding carboxylic acids is 1. The third kappa shape index (κ3) is 3.51. The summed E-state index contributed by atoms with van der Waals surface area (Å²) in [5.41, 5.74) is 5.43. The molecule has 1 atom stereocenters. The molecular weight excluding hydrogens is 182 g/mol. The van der Waals surface area contributed by atoms with Gasteiger partial charge in [0.05, 0.1) is 7.11 Å². The second kappa shape index (κ2) is 5.82. The molecule has 0 aromatic carbocycles. The van der Waals surface area contributed by atoms with E-state index in [0.717, 1.165) is 39.0 Å². The number of nitrogens with zero attached hydrogens (tertiary/aromatic N) is 1. The molecule has 1 saturated heterocycles. The normalized spacial score (nSPS) is 22.3. The fourth-order valence-corrected chi connectivity index (χ4v) is 1.69. The molecule has 0 radical (unpaired) electrons. The van der Waals surface area contributed by atoms with Gasteiger partial charge in [-0.25, -0.2) is 4.79 Å². The molecule has 0 bridgehead atoms. The van der Waals surface area contributed by atoms with Crippen molar-refractivity contribution in [3.63, 3.8) is 0 Å². The molecule has 0 saturated carbocycles. The van der Waals surface area contributed by atoms with Gasteiger partial charge in [-0.15, -0.1) is 0 Å². The van der Waals surface area contributed by atoms with Crippen LogP contribution in [-0.4, -0.2) is 50.3 Å². The van der Waals surface area contributed by atoms with Crippen molar-refractivity contribution in [1.29, 1.82) is 0 Å². The van der Waals surface area contributed by atoms with Gasteiger partial charge in [0.25, 0.3) is 0 Å². The van der Waals surface area contributed by atoms with Gasteiger partial charge in [0.2, 0.25) is 0 Å². The van der Waals surface area contributed by atoms with Gasteiger partial charge in [0, 0.05) is 19.1 Å². The Hall–Kier alpha value is -0.810. The summed E-state index contributed by atoms with van der Waals surface area (Å²) in [5, 5.41) is 2.80. The maximum atomic E-state index is 10.9. The molecule has 1 amide bonds. The average Bonchev–Trinajstić information content (AvgIpc) is 2.62. The number of likely N-dealkylation sites (tertiary alicyclic amines) is 1. The Bertz CT molecular complexity index is 187. The van der Waals surface area contributed by atoms with E-state index in [1.165, 1.54) is 7.11 Å². The van der Waals surface area contributed by atoms with Crippen molar-refractivity contribution in [2.24, 2.45) is 5.73 Å². The molecule has 3 N–H and O–H groups in total. The fraction of sp³-hybridized carbons (Fsp3) is 0.889. The van der Waals surface area contributed by atoms with Crippen LogP contribution in [0.25, 0.3) is 0 Å². The van der Waals surface area contributed by atoms with Crippen molar-refractivity contribution in [2.45, 2.75) is 18.9 Å². The zero-order chi connectivity index (χ0) is 10.4. The quantitative estimate of drug-likeness (QED) is 0.659. The molecular formula is C9H19N3O2. The van der Waals surface area contributed by atoms with Gasteiger partial charge in [-0.2, -0.15) is 0 Å². The third-order valence-electron chi connectivity index (χ3n) is 2.46. The summed E-state index contributed by atoms with van der Waals surface area (Å²) in [6.45, 7) is 3.70. The highest BCUT2D eigenvalue weighted by Gasteiger charge is 2.23. The summed E-state index contributed by atoms with van der Waals surface area (Å²) in [5.74, 6) is 0. The van der Waals surface area contributed by atoms with Crippen molar-refractivity contribution < 1.29 is 9.53 Å². The number of amides is 1. The third-order valence-corrected chi connectivity index (χ3v) is 2.46. The second-order valence-electron chi connectivity index (χ2n) is 3.56. The van der Waals surface area contributed by atoms with Crippen LogP contribution in [0, 0.1) is 0 Å². The standard InChI is InChI=1S/C9H19N3O2/c1-14-9(13)11-8-3-6-12(7-8)5-2-4-10/h8H,2-7,10H2,1H3,(H,11,13). The number of nitrogens with two attached hydrogens (primary N) is 1. The molecule has 5 nitrogen and oxygen atoms in total. The SMILES string of the molecule is COC(=O)NC1CCN(CCCN)C1. The second-order valence-corrected chi connectivity index (χ2v) is 3.56. The Labute approximate surface area is 84.6 Å². The first-order valence-corrected chi connectivity index (χ1v) is 5.03. The van der Waals surface area contributed by atoms with Crippen molar-refractivity contribution in [3.05, 3.63) is 0 Å². The lowest BCUT2D eigenvalue weighted by atomic mass is 10.3. The minimum atomic E-state index is -0.337. The van der Waals surface area contributed by atoms with E-state index in [-0.39, 0.29) is 12.1 Å². The van der Waals surface area contributed by atoms with E-state index in [2.05, 4.69) is 15.0 Å². The van der Waals surface area contributed by atoms with Crippen LogP contribution in [0.5, 0.6) is 0 Å². The zero-order valence-electron chi connectivity index (χ0n) is 8.66. The van der Waals surface area contributed by atoms with E-state index in [1.807, 2.05) is 0 Å². The van der Waals surface area contributed by atoms with E-state index < -0.39 is 0 Å². The number of ether oxygens (including phenoxy) is 1. The smallest absolute Gasteiger partial charge is 0.407 e. The minimum Gasteiger partial charge on any atom is -0.453 e. The van der Waals surface area contributed by atoms with Crippen molar-refractivity contribution in [2.75, 3.05) is 33.3 Å². The van der Waals surface area contributed by atoms with Gasteiger partial charge in [-0.1, -0.05) is 0 Å². The molecule has 0 aliphatic carbocycles. The molecule has 1 aliphatic rings. The van der Waals surface area contributed by atoms with Crippen molar-refractivity contribution in [3.8, 4) is 0 Å². The topological polar surface area (TPSA) is 67.6 Å². The monoisotopic (exact) mass is 201 g/mol. The lowest BCUT2D eigenvalue weighted by Crippen LogP contribution is -2.37. The van der Waals surface area contributed by atoms with Gasteiger partial charge in [-0.3, -0.25) is 0 Å². The van der Waals surface area contributed by atoms with Crippen LogP contribution >= 0.6 is 0 Å². The molecule has 1 rings (SSSR count). The van der Waals surface area contributed by atoms with Crippen LogP contribution in [0.1, 0.15) is 12.8 Å². The number of methoxy groups -OCH3 is 1. The molecule has 1 heterocycles. The van der Waals surface area contributed by atoms with Crippen LogP contribution in [0.3, 0.4) is 0 Å². The lowest BCUT2D eigenvalue weighted by molar-refractivity contribution is 0.166. The summed E-state index contributed by atoms with van der Waals surface area (Å²) < 4.78 is 4.54. The van der Waals surface area contributed by atoms with Gasteiger partial charge in [0.15, 0.2) is 0 Å². The molecule has 1 unspecified atom stereocenters. The maximum absolute atomic E-state index is 10.9. The van der Waals surface area contributed by atoms with Crippen molar-refractivity contribution >= 4 is 6.09 Å². The Morgan fingerprint density at radius 1 is 1.71 bits per heavy atom. The first-order chi connectivity index (χ1) is 6.76. The van der Waals surface area contributed by atoms with Gasteiger partial charge < -0.3 is 20.7 Å². The first-order valence-electron chi connectivity index (χ1n) is 5.03. The van der Waals surface area contributed by atoms with Gasteiger partial charge in [0.1, 0.15) is 0 Å². The molecule has 82 valence electrons. The number of hydrogen-bond acceptors (Lipinski definition) is 4. The number of carbonyl (C=O) groups is 1. The van der Waals surface area contributed by atoms with Crippen LogP contribution in [0.4, 0.5) is 4.79 Å². The van der Waals surface area contributed by atoms with E-state index >= 15 is 0 Å². The largest absolute Gasteiger partial charge is 0.453 e. The summed E-state index contributed by atoms with van der Waals surface area (Å²) in [4.78, 5) is 13.2. The molecule has 1 aliphatic heterocycles. The van der Waals surface area contributed by atoms with Gasteiger partial charge in [-0.05, 0) is 25.9 Å². The molecule has 14 heavy (non-hydrogen) atoms. The first kappa shape index (κ1) is 11.3. The van der Waals surface area contributed by atoms with Crippen LogP contribution in [0.2, 0.25) is 0 Å². The minimum absolute atomic E-state index is 0.236. The Morgan fingerprint density at radius 2 is 2.50 bits per heavy atom. The summed E-state index contributed by atoms with van der Waals surface area (Å²) in [6, 6.07) is 0.236. The maximum Gasteiger partial charge on any atom is 0.407 e. The molecule has 0 aromatic rings. The van der Waals surface area contributed by atoms with E-state index in [4.69, 9.17) is 5.73 Å². The van der Waals surface area contributed by atoms with Crippen LogP contribution in [-0.2, 0) is 4.74 Å². The zero-order valence-corrected chi connectivity index (χ0v) is 8.66. The Morgan fingerprint density at radius 3 is 3.14 bits per heavy atom. The van der Waals surface area contributed by atoms with Crippen LogP contribution in [0.15, 0.2) is 0 Å². The number of alkyl carbamates (subject to hydrolysis) is 1. The summed E-state index contributed by atoms with van der Waals surface area (Å²) >= 11 is 0. The van der Waals surface area contributed by atoms with Crippen LogP contribution < -0.4 is 11.1 Å². The van der Waals surface area contributed by atoms with Crippen molar-refractivity contribution in [1.82, 2.24) is 10.2 Å². The Kier molecular flexibility index (Phi) is 4.69. The molecule has 1 fully saturated rings. The molecule has 5 heteroatoms. The van der Waals surface area contributed by atoms with E-state index in [1.54, 1.807) is 0 Å². The Balaban J connectivity index is 2.17. The van der Waals surface area contributed by atoms with E-state index in [9.17, 15) is 4.79 Å². The molecule has 0 spiro atoms. The predicted octanol–water partition coefficient (Wildman–Crippen LogP) is -0.234. The fourth-order valence-electron chi connectivity index (χ4n) is 1.69. The molecule has 0 aromatic heterocycles. The van der Waals surface area contributed by atoms with E-state index in [0.29, 0.717) is 0 Å². The highest BCUT2D eigenvalue weighted by molar-refractivity contribution is 5.67. The lowest BCUT2D eigenvalue weighted by Gasteiger charge is -2.15. The highest BCUT2D eigenvalue weighted by atomic mass is 16.5. The number of hydrogen-bond donors (Lipinski definition) is 2. The van der Waals surface area contributed by atoms with Gasteiger partial charge >= 0.3 is 6.09 Å². The number of rotatable bonds is 4.